The Kier molecular flexibility index (Phi) is 5.93. The largest absolute Gasteiger partial charge is 0.472 e. The molecule has 4 aromatic rings. The van der Waals surface area contributed by atoms with Crippen LogP contribution in [0.4, 0.5) is 0 Å². The van der Waals surface area contributed by atoms with Gasteiger partial charge in [-0.1, -0.05) is 42.5 Å². The van der Waals surface area contributed by atoms with Gasteiger partial charge < -0.3 is 19.6 Å². The van der Waals surface area contributed by atoms with Crippen molar-refractivity contribution in [2.24, 2.45) is 5.92 Å². The van der Waals surface area contributed by atoms with E-state index in [2.05, 4.69) is 22.4 Å². The molecule has 33 heavy (non-hydrogen) atoms. The Balaban J connectivity index is 1.28. The van der Waals surface area contributed by atoms with E-state index in [4.69, 9.17) is 9.40 Å². The quantitative estimate of drug-likeness (QED) is 0.470. The number of H-pyrrole nitrogens is 1. The zero-order chi connectivity index (χ0) is 22.6. The van der Waals surface area contributed by atoms with Crippen LogP contribution < -0.4 is 5.32 Å². The number of imidazole rings is 1. The van der Waals surface area contributed by atoms with E-state index in [0.717, 1.165) is 22.4 Å². The van der Waals surface area contributed by atoms with Gasteiger partial charge in [0.2, 0.25) is 5.91 Å². The number of hydrogen-bond donors (Lipinski definition) is 2. The van der Waals surface area contributed by atoms with Gasteiger partial charge in [-0.25, -0.2) is 4.98 Å². The maximum absolute atomic E-state index is 13.2. The van der Waals surface area contributed by atoms with Crippen molar-refractivity contribution in [1.82, 2.24) is 20.2 Å². The molecule has 3 heterocycles. The number of benzene rings is 2. The monoisotopic (exact) mass is 442 g/mol. The number of furan rings is 1. The zero-order valence-corrected chi connectivity index (χ0v) is 18.2. The fourth-order valence-electron chi connectivity index (χ4n) is 4.41. The Morgan fingerprint density at radius 2 is 1.82 bits per heavy atom. The molecule has 0 aliphatic carbocycles. The lowest BCUT2D eigenvalue weighted by Gasteiger charge is -2.32. The lowest BCUT2D eigenvalue weighted by atomic mass is 9.94. The van der Waals surface area contributed by atoms with Crippen LogP contribution >= 0.6 is 0 Å². The molecule has 1 atom stereocenters. The van der Waals surface area contributed by atoms with Crippen LogP contribution in [-0.2, 0) is 11.2 Å². The Bertz CT molecular complexity index is 1190. The number of aromatic amines is 1. The minimum atomic E-state index is -0.266. The molecular formula is C26H26N4O3. The number of rotatable bonds is 6. The van der Waals surface area contributed by atoms with Crippen molar-refractivity contribution in [3.05, 3.63) is 90.1 Å². The highest BCUT2D eigenvalue weighted by Gasteiger charge is 2.30. The number of aromatic nitrogens is 2. The molecule has 7 heteroatoms. The number of nitrogens with zero attached hydrogens (tertiary/aromatic N) is 2. The second-order valence-electron chi connectivity index (χ2n) is 8.47. The van der Waals surface area contributed by atoms with Gasteiger partial charge in [-0.15, -0.1) is 0 Å². The summed E-state index contributed by atoms with van der Waals surface area (Å²) in [6, 6.07) is 19.4. The Morgan fingerprint density at radius 1 is 1.06 bits per heavy atom. The first-order chi connectivity index (χ1) is 16.2. The minimum Gasteiger partial charge on any atom is -0.472 e. The average Bonchev–Trinajstić information content (AvgIpc) is 3.54. The van der Waals surface area contributed by atoms with Crippen LogP contribution in [0.25, 0.3) is 11.0 Å². The molecule has 1 fully saturated rings. The standard InChI is InChI=1S/C26H26N4O3/c31-25(19-10-13-30(14-11-19)26(32)20-12-15-33-17-20)29-23(16-18-6-2-1-3-7-18)24-27-21-8-4-5-9-22(21)28-24/h1-9,12,15,17,19,23H,10-11,13-14,16H2,(H,27,28)(H,29,31)/t23-/m0/s1. The fourth-order valence-corrected chi connectivity index (χ4v) is 4.41. The molecule has 2 N–H and O–H groups in total. The van der Waals surface area contributed by atoms with Crippen LogP contribution in [0.2, 0.25) is 0 Å². The molecular weight excluding hydrogens is 416 g/mol. The highest BCUT2D eigenvalue weighted by atomic mass is 16.3. The van der Waals surface area contributed by atoms with Crippen molar-refractivity contribution in [1.29, 1.82) is 0 Å². The summed E-state index contributed by atoms with van der Waals surface area (Å²) >= 11 is 0. The van der Waals surface area contributed by atoms with E-state index >= 15 is 0 Å². The smallest absolute Gasteiger partial charge is 0.257 e. The minimum absolute atomic E-state index is 0.00629. The summed E-state index contributed by atoms with van der Waals surface area (Å²) in [5.74, 6) is 0.570. The third kappa shape index (κ3) is 4.67. The van der Waals surface area contributed by atoms with E-state index in [0.29, 0.717) is 37.9 Å². The summed E-state index contributed by atoms with van der Waals surface area (Å²) in [7, 11) is 0. The fraction of sp³-hybridized carbons (Fsp3) is 0.269. The SMILES string of the molecule is O=C(N[C@@H](Cc1ccccc1)c1nc2ccccc2[nH]1)C1CCN(C(=O)c2ccoc2)CC1. The molecule has 0 unspecified atom stereocenters. The van der Waals surface area contributed by atoms with Gasteiger partial charge in [0, 0.05) is 19.0 Å². The lowest BCUT2D eigenvalue weighted by molar-refractivity contribution is -0.127. The first kappa shape index (κ1) is 21.0. The van der Waals surface area contributed by atoms with Crippen molar-refractivity contribution in [3.8, 4) is 0 Å². The number of carbonyl (C=O) groups excluding carboxylic acids is 2. The molecule has 168 valence electrons. The molecule has 2 aromatic heterocycles. The van der Waals surface area contributed by atoms with E-state index in [1.54, 1.807) is 11.0 Å². The third-order valence-corrected chi connectivity index (χ3v) is 6.26. The molecule has 5 rings (SSSR count). The van der Waals surface area contributed by atoms with E-state index in [9.17, 15) is 9.59 Å². The normalized spacial score (nSPS) is 15.5. The van der Waals surface area contributed by atoms with Crippen LogP contribution in [0.3, 0.4) is 0 Å². The van der Waals surface area contributed by atoms with E-state index in [-0.39, 0.29) is 23.8 Å². The number of fused-ring (bicyclic) bond motifs is 1. The molecule has 2 amide bonds. The van der Waals surface area contributed by atoms with Crippen molar-refractivity contribution < 1.29 is 14.0 Å². The van der Waals surface area contributed by atoms with Crippen molar-refractivity contribution in [2.45, 2.75) is 25.3 Å². The van der Waals surface area contributed by atoms with Crippen molar-refractivity contribution >= 4 is 22.8 Å². The zero-order valence-electron chi connectivity index (χ0n) is 18.2. The second kappa shape index (κ2) is 9.32. The van der Waals surface area contributed by atoms with E-state index < -0.39 is 0 Å². The van der Waals surface area contributed by atoms with Gasteiger partial charge in [-0.2, -0.15) is 0 Å². The predicted molar refractivity (Wildman–Crippen MR) is 124 cm³/mol. The molecule has 0 bridgehead atoms. The highest BCUT2D eigenvalue weighted by molar-refractivity contribution is 5.94. The van der Waals surface area contributed by atoms with E-state index in [1.807, 2.05) is 42.5 Å². The maximum atomic E-state index is 13.2. The summed E-state index contributed by atoms with van der Waals surface area (Å²) < 4.78 is 5.02. The van der Waals surface area contributed by atoms with Gasteiger partial charge in [0.15, 0.2) is 0 Å². The molecule has 0 saturated carbocycles. The first-order valence-electron chi connectivity index (χ1n) is 11.3. The number of hydrogen-bond acceptors (Lipinski definition) is 4. The first-order valence-corrected chi connectivity index (χ1v) is 11.3. The molecule has 2 aromatic carbocycles. The third-order valence-electron chi connectivity index (χ3n) is 6.26. The van der Waals surface area contributed by atoms with Gasteiger partial charge in [0.1, 0.15) is 12.1 Å². The molecule has 1 aliphatic heterocycles. The number of piperidine rings is 1. The summed E-state index contributed by atoms with van der Waals surface area (Å²) in [6.07, 6.45) is 4.87. The van der Waals surface area contributed by atoms with Gasteiger partial charge >= 0.3 is 0 Å². The second-order valence-corrected chi connectivity index (χ2v) is 8.47. The summed E-state index contributed by atoms with van der Waals surface area (Å²) in [4.78, 5) is 35.7. The molecule has 1 saturated heterocycles. The van der Waals surface area contributed by atoms with Crippen LogP contribution in [0.1, 0.15) is 40.6 Å². The topological polar surface area (TPSA) is 91.2 Å². The maximum Gasteiger partial charge on any atom is 0.257 e. The van der Waals surface area contributed by atoms with Crippen LogP contribution in [-0.4, -0.2) is 39.8 Å². The number of carbonyl (C=O) groups is 2. The van der Waals surface area contributed by atoms with Crippen LogP contribution in [0.15, 0.2) is 77.6 Å². The van der Waals surface area contributed by atoms with Crippen LogP contribution in [0.5, 0.6) is 0 Å². The summed E-state index contributed by atoms with van der Waals surface area (Å²) in [6.45, 7) is 1.10. The number of amides is 2. The van der Waals surface area contributed by atoms with Crippen molar-refractivity contribution in [2.75, 3.05) is 13.1 Å². The molecule has 7 nitrogen and oxygen atoms in total. The number of para-hydroxylation sites is 2. The number of nitrogens with one attached hydrogen (secondary N) is 2. The van der Waals surface area contributed by atoms with Gasteiger partial charge in [0.05, 0.1) is 28.9 Å². The summed E-state index contributed by atoms with van der Waals surface area (Å²) in [5, 5.41) is 3.23. The predicted octanol–water partition coefficient (Wildman–Crippen LogP) is 4.11. The lowest BCUT2D eigenvalue weighted by Crippen LogP contribution is -2.44. The average molecular weight is 443 g/mol. The Morgan fingerprint density at radius 3 is 2.55 bits per heavy atom. The Hall–Kier alpha value is -3.87. The Labute approximate surface area is 191 Å². The van der Waals surface area contributed by atoms with Crippen LogP contribution in [0, 0.1) is 5.92 Å². The van der Waals surface area contributed by atoms with Gasteiger partial charge in [0.25, 0.3) is 5.91 Å². The van der Waals surface area contributed by atoms with Crippen molar-refractivity contribution in [3.63, 3.8) is 0 Å². The number of likely N-dealkylation sites (tertiary alicyclic amines) is 1. The molecule has 0 spiro atoms. The van der Waals surface area contributed by atoms with Gasteiger partial charge in [-0.3, -0.25) is 9.59 Å². The van der Waals surface area contributed by atoms with Gasteiger partial charge in [-0.05, 0) is 43.0 Å². The summed E-state index contributed by atoms with van der Waals surface area (Å²) in [5.41, 5.74) is 3.51. The molecule has 1 aliphatic rings. The molecule has 0 radical (unpaired) electrons. The van der Waals surface area contributed by atoms with E-state index in [1.165, 1.54) is 12.5 Å². The highest BCUT2D eigenvalue weighted by Crippen LogP contribution is 2.24.